The number of aromatic nitrogens is 21. The number of H-pyrrole nitrogens is 5. The van der Waals surface area contributed by atoms with E-state index in [2.05, 4.69) is 208 Å². The van der Waals surface area contributed by atoms with E-state index in [0.29, 0.717) is 106 Å². The van der Waals surface area contributed by atoms with Crippen molar-refractivity contribution in [1.29, 1.82) is 0 Å². The van der Waals surface area contributed by atoms with Crippen LogP contribution < -0.4 is 33.4 Å². The minimum Gasteiger partial charge on any atom is -0.435 e. The van der Waals surface area contributed by atoms with E-state index in [4.69, 9.17) is 47.3 Å². The fourth-order valence-corrected chi connectivity index (χ4v) is 20.9. The number of nitrogens with zero attached hydrogens (tertiary/aromatic N) is 21. The van der Waals surface area contributed by atoms with Crippen molar-refractivity contribution in [3.63, 3.8) is 0 Å². The van der Waals surface area contributed by atoms with Gasteiger partial charge in [-0.15, -0.1) is 0 Å². The summed E-state index contributed by atoms with van der Waals surface area (Å²) in [7, 11) is -1.49. The highest BCUT2D eigenvalue weighted by molar-refractivity contribution is 7.86. The molecule has 0 amide bonds. The number of hydrogen-bond acceptors (Lipinski definition) is 25. The van der Waals surface area contributed by atoms with Crippen molar-refractivity contribution in [1.82, 2.24) is 105 Å². The molecule has 5 saturated heterocycles. The molecule has 37 heteroatoms. The zero-order valence-corrected chi connectivity index (χ0v) is 81.7. The lowest BCUT2D eigenvalue weighted by Crippen LogP contribution is -2.44. The maximum Gasteiger partial charge on any atom is 0.387 e. The van der Waals surface area contributed by atoms with Crippen LogP contribution in [0.3, 0.4) is 0 Å². The molecule has 31 nitrogen and oxygen atoms in total. The summed E-state index contributed by atoms with van der Waals surface area (Å²) >= 11 is 12.2. The average Bonchev–Trinajstić information content (AvgIpc) is 1.60. The molecule has 6 fully saturated rings. The third-order valence-electron chi connectivity index (χ3n) is 30.0. The molecule has 0 unspecified atom stereocenters. The molecule has 3 atom stereocenters. The van der Waals surface area contributed by atoms with Crippen molar-refractivity contribution in [3.8, 4) is 67.8 Å². The number of aromatic amines is 5. The second kappa shape index (κ2) is 40.4. The van der Waals surface area contributed by atoms with Crippen molar-refractivity contribution in [3.05, 3.63) is 168 Å². The lowest BCUT2D eigenvalue weighted by atomic mass is 9.71. The van der Waals surface area contributed by atoms with Crippen LogP contribution in [0, 0.1) is 39.3 Å². The highest BCUT2D eigenvalue weighted by atomic mass is 35.5. The molecule has 22 rings (SSSR count). The second-order valence-electron chi connectivity index (χ2n) is 38.5. The lowest BCUT2D eigenvalue weighted by molar-refractivity contribution is -0.0498. The predicted molar refractivity (Wildman–Crippen MR) is 537 cm³/mol. The van der Waals surface area contributed by atoms with Crippen LogP contribution in [-0.4, -0.2) is 203 Å². The van der Waals surface area contributed by atoms with Gasteiger partial charge in [-0.25, -0.2) is 54.2 Å². The molecule has 1 spiro atoms. The highest BCUT2D eigenvalue weighted by Crippen LogP contribution is 2.51. The number of nitrogens with one attached hydrogen (secondary N) is 5. The molecule has 5 aromatic carbocycles. The third-order valence-corrected chi connectivity index (χ3v) is 31.1. The van der Waals surface area contributed by atoms with Crippen LogP contribution in [-0.2, 0) is 17.2 Å². The molecule has 6 N–H and O–H groups in total. The van der Waals surface area contributed by atoms with Crippen molar-refractivity contribution >= 4 is 129 Å². The highest BCUT2D eigenvalue weighted by Gasteiger charge is 2.43. The summed E-state index contributed by atoms with van der Waals surface area (Å²) in [6.07, 6.45) is 30.9. The van der Waals surface area contributed by atoms with E-state index in [-0.39, 0.29) is 22.6 Å². The molecule has 722 valence electrons. The Balaban J connectivity index is 0.000000115. The summed E-state index contributed by atoms with van der Waals surface area (Å²) in [5.41, 5.74) is 16.9. The van der Waals surface area contributed by atoms with Gasteiger partial charge in [-0.3, -0.25) is 25.5 Å². The van der Waals surface area contributed by atoms with E-state index in [1.54, 1.807) is 73.3 Å². The summed E-state index contributed by atoms with van der Waals surface area (Å²) in [4.78, 5) is 57.8. The third kappa shape index (κ3) is 20.6. The monoisotopic (exact) mass is 1930 g/mol. The van der Waals surface area contributed by atoms with E-state index in [1.165, 1.54) is 93.3 Å². The van der Waals surface area contributed by atoms with Crippen LogP contribution in [0.1, 0.15) is 158 Å². The number of ether oxygens (including phenoxy) is 1. The predicted octanol–water partition coefficient (Wildman–Crippen LogP) is 21.0. The number of rotatable bonds is 18. The molecule has 1 aliphatic carbocycles. The number of para-hydroxylation sites is 1. The van der Waals surface area contributed by atoms with E-state index < -0.39 is 22.5 Å². The zero-order chi connectivity index (χ0) is 96.4. The number of piperidine rings is 5. The standard InChI is InChI=1S/C22H26N6.C21H23ClFN5.C20H23F2N5O.C20H25N5O3S.C18H20ClN5O/c1-4-22(2)9-11-28(12-10-22)18-13-23-20-19(25-26-21(20)24-18)16-14-27(3)17-8-6-5-7-15(16)17;1-13-4-3-7-21(13)8-10-28(11-9-21)16-12-24-19-18(26-27-20(19)25-16)14-5-2-6-15(22)17(14)23;1-3-20(2)8-10-27(11-9-20)15-12-23-17-16(25-26-18(17)24-15)13-4-6-14(7-5-13)28-19(21)22;1-4-20(2)9-11-25(12-10-20)16-13-21-18-17(23-24-19(18)22-16)14-5-7-15(8-6-14)28-29(3,26)27;1-2-11-7-8-24(10-14(11)25)15-9-20-17-16(22-23-18(17)21-15)12-5-3-4-6-13(12)19/h5-8,13-14H,4,9-12H2,1-3H3,(H,24,25,26);2,5-6,12-13H,3-4,7-11H2,1H3,(H,25,26,27);4-7,12,19H,3,8-11H2,1-2H3,(H,24,25,26);5-8,13H,4,9-12H2,1-3H3,(H,22,23,24);3-6,9,11,14,25H,2,7-8,10H2,1H3,(H,21,22,23)/t;13-;;;11-,14-/m.1..1/s1. The number of halogens is 5. The Hall–Kier alpha value is -12.7. The molecule has 6 aliphatic rings. The largest absolute Gasteiger partial charge is 0.435 e. The second-order valence-corrected chi connectivity index (χ2v) is 40.9. The maximum atomic E-state index is 14.4. The van der Waals surface area contributed by atoms with Gasteiger partial charge < -0.3 is 43.1 Å². The van der Waals surface area contributed by atoms with Gasteiger partial charge in [-0.2, -0.15) is 42.7 Å². The van der Waals surface area contributed by atoms with E-state index in [0.717, 1.165) is 184 Å². The Bertz CT molecular complexity index is 7080. The van der Waals surface area contributed by atoms with Crippen molar-refractivity contribution in [2.24, 2.45) is 40.5 Å². The van der Waals surface area contributed by atoms with E-state index >= 15 is 0 Å². The molecule has 11 aromatic heterocycles. The maximum absolute atomic E-state index is 14.4. The fraction of sp³-hybridized carbons (Fsp3) is 0.436. The first-order chi connectivity index (χ1) is 66.6. The van der Waals surface area contributed by atoms with Crippen molar-refractivity contribution in [2.75, 3.05) is 96.2 Å². The molecule has 1 saturated carbocycles. The Morgan fingerprint density at radius 2 is 0.848 bits per heavy atom. The number of β-amino-alcohol motifs (C(OH)–C–C–N with tert-alkyl or cyclic N) is 1. The molecular weight excluding hydrogens is 1820 g/mol. The Morgan fingerprint density at radius 1 is 0.464 bits per heavy atom. The van der Waals surface area contributed by atoms with Crippen LogP contribution >= 0.6 is 23.2 Å². The molecule has 16 heterocycles. The molecule has 138 heavy (non-hydrogen) atoms. The molecule has 0 bridgehead atoms. The summed E-state index contributed by atoms with van der Waals surface area (Å²) in [5.74, 6) is 5.30. The van der Waals surface area contributed by atoms with Gasteiger partial charge in [-0.05, 0) is 171 Å². The Labute approximate surface area is 808 Å². The lowest BCUT2D eigenvalue weighted by Gasteiger charge is -2.42. The first-order valence-electron chi connectivity index (χ1n) is 47.8. The quantitative estimate of drug-likeness (QED) is 0.0435. The summed E-state index contributed by atoms with van der Waals surface area (Å²) in [6.45, 7) is 25.0. The normalized spacial score (nSPS) is 18.6. The van der Waals surface area contributed by atoms with Crippen molar-refractivity contribution in [2.45, 2.75) is 171 Å². The Kier molecular flexibility index (Phi) is 28.0. The van der Waals surface area contributed by atoms with Gasteiger partial charge in [0, 0.05) is 117 Å². The summed E-state index contributed by atoms with van der Waals surface area (Å²) in [6, 6.07) is 34.0. The average molecular weight is 1940 g/mol. The molecule has 0 radical (unpaired) electrons. The van der Waals surface area contributed by atoms with Crippen LogP contribution in [0.4, 0.5) is 42.3 Å². The first-order valence-corrected chi connectivity index (χ1v) is 50.4. The van der Waals surface area contributed by atoms with Gasteiger partial charge in [0.25, 0.3) is 0 Å². The molecule has 16 aromatic rings. The minimum absolute atomic E-state index is 0.0771. The van der Waals surface area contributed by atoms with Gasteiger partial charge in [0.05, 0.1) is 81.9 Å². The van der Waals surface area contributed by atoms with Gasteiger partial charge in [0.15, 0.2) is 5.82 Å². The van der Waals surface area contributed by atoms with E-state index in [1.807, 2.05) is 30.5 Å². The number of aliphatic hydroxyl groups excluding tert-OH is 1. The van der Waals surface area contributed by atoms with Gasteiger partial charge >= 0.3 is 16.7 Å². The zero-order valence-electron chi connectivity index (χ0n) is 79.4. The fourth-order valence-electron chi connectivity index (χ4n) is 20.0. The summed E-state index contributed by atoms with van der Waals surface area (Å²) in [5, 5.41) is 48.9. The van der Waals surface area contributed by atoms with Crippen LogP contribution in [0.5, 0.6) is 11.5 Å². The van der Waals surface area contributed by atoms with Crippen LogP contribution in [0.2, 0.25) is 10.0 Å². The SMILES string of the molecule is CCC1(C)CCN(c2cnc3c(-c4ccc(OC(F)F)cc4)[nH]nc3n2)CC1.CCC1(C)CCN(c2cnc3c(-c4ccc(OS(C)(=O)=O)cc4)[nH]nc3n2)CC1.CCC1(C)CCN(c2cnc3c(-c4cn(C)c5ccccc45)[nH]nc3n2)CC1.CC[C@@H]1CCN(c2cnc3c(-c4ccccc4Cl)[nH]nc3n2)C[C@H]1O.C[C@@H]1CCCC12CCN(c1cnc3c(-c4cccc(Cl)c4F)[nH]nc3n1)CC2. The minimum atomic E-state index is -3.55. The topological polar surface area (TPSA) is 366 Å². The van der Waals surface area contributed by atoms with E-state index in [9.17, 15) is 26.7 Å². The molecular formula is C101H117Cl2F3N26O5S. The number of aliphatic hydroxyl groups is 1. The van der Waals surface area contributed by atoms with Gasteiger partial charge in [0.1, 0.15) is 68.2 Å². The number of anilines is 5. The Morgan fingerprint density at radius 3 is 1.26 bits per heavy atom. The van der Waals surface area contributed by atoms with Gasteiger partial charge in [0.2, 0.25) is 28.2 Å². The number of aryl methyl sites for hydroxylation is 1. The number of alkyl halides is 2. The van der Waals surface area contributed by atoms with Crippen LogP contribution in [0.25, 0.3) is 123 Å². The molecule has 5 aliphatic heterocycles. The number of fused-ring (bicyclic) bond motifs is 6. The number of benzene rings is 5. The van der Waals surface area contributed by atoms with Crippen LogP contribution in [0.15, 0.2) is 152 Å². The summed E-state index contributed by atoms with van der Waals surface area (Å²) < 4.78 is 72.9. The van der Waals surface area contributed by atoms with Gasteiger partial charge in [-0.1, -0.05) is 160 Å². The smallest absolute Gasteiger partial charge is 0.387 e. The number of hydrogen-bond donors (Lipinski definition) is 6. The van der Waals surface area contributed by atoms with Crippen molar-refractivity contribution < 1.29 is 35.6 Å². The first kappa shape index (κ1) is 95.6.